The molecule has 1 heterocycles. The Kier molecular flexibility index (Phi) is 3.30. The number of rotatable bonds is 1. The number of nitrogens with zero attached hydrogens (tertiary/aromatic N) is 1. The van der Waals surface area contributed by atoms with E-state index in [0.717, 1.165) is 14.6 Å². The van der Waals surface area contributed by atoms with Crippen molar-refractivity contribution < 1.29 is 9.59 Å². The lowest BCUT2D eigenvalue weighted by Gasteiger charge is -2.26. The van der Waals surface area contributed by atoms with Crippen LogP contribution in [0.3, 0.4) is 0 Å². The Bertz CT molecular complexity index is 442. The minimum atomic E-state index is -0.374. The summed E-state index contributed by atoms with van der Waals surface area (Å²) in [5.74, 6) is -0.227. The largest absolute Gasteiger partial charge is 0.328 e. The fourth-order valence-corrected chi connectivity index (χ4v) is 2.78. The molecule has 1 aromatic carbocycles. The third-order valence-corrected chi connectivity index (χ3v) is 3.13. The van der Waals surface area contributed by atoms with Crippen molar-refractivity contribution in [2.24, 2.45) is 0 Å². The van der Waals surface area contributed by atoms with Crippen molar-refractivity contribution in [2.75, 3.05) is 11.4 Å². The predicted molar refractivity (Wildman–Crippen MR) is 67.3 cm³/mol. The van der Waals surface area contributed by atoms with E-state index in [2.05, 4.69) is 37.2 Å². The molecule has 0 aromatic heterocycles. The van der Waals surface area contributed by atoms with Crippen LogP contribution >= 0.6 is 31.9 Å². The number of benzene rings is 1. The van der Waals surface area contributed by atoms with Crippen LogP contribution in [0.15, 0.2) is 27.1 Å². The molecule has 6 heteroatoms. The van der Waals surface area contributed by atoms with Gasteiger partial charge in [0.05, 0.1) is 0 Å². The molecule has 0 radical (unpaired) electrons. The first-order chi connectivity index (χ1) is 7.56. The molecule has 0 unspecified atom stereocenters. The van der Waals surface area contributed by atoms with Gasteiger partial charge in [0.1, 0.15) is 0 Å². The number of carbonyl (C=O) groups is 2. The third kappa shape index (κ3) is 2.44. The van der Waals surface area contributed by atoms with E-state index in [1.54, 1.807) is 0 Å². The van der Waals surface area contributed by atoms with Crippen molar-refractivity contribution in [3.63, 3.8) is 0 Å². The van der Waals surface area contributed by atoms with E-state index < -0.39 is 0 Å². The van der Waals surface area contributed by atoms with E-state index in [0.29, 0.717) is 13.0 Å². The van der Waals surface area contributed by atoms with E-state index in [1.807, 2.05) is 18.2 Å². The topological polar surface area (TPSA) is 49.4 Å². The van der Waals surface area contributed by atoms with E-state index in [9.17, 15) is 9.59 Å². The molecule has 1 aromatic rings. The summed E-state index contributed by atoms with van der Waals surface area (Å²) < 4.78 is 1.75. The second-order valence-electron chi connectivity index (χ2n) is 3.38. The summed E-state index contributed by atoms with van der Waals surface area (Å²) >= 11 is 6.71. The van der Waals surface area contributed by atoms with E-state index >= 15 is 0 Å². The zero-order valence-electron chi connectivity index (χ0n) is 8.17. The van der Waals surface area contributed by atoms with Gasteiger partial charge in [0, 0.05) is 27.6 Å². The molecule has 0 saturated carbocycles. The SMILES string of the molecule is O=C1CCN(c2cc(Br)cc(Br)c2)C(=O)N1. The Hall–Kier alpha value is -0.880. The predicted octanol–water partition coefficient (Wildman–Crippen LogP) is 2.66. The summed E-state index contributed by atoms with van der Waals surface area (Å²) in [6.07, 6.45) is 0.329. The second kappa shape index (κ2) is 4.55. The minimum Gasteiger partial charge on any atom is -0.294 e. The van der Waals surface area contributed by atoms with E-state index in [1.165, 1.54) is 4.90 Å². The van der Waals surface area contributed by atoms with Crippen molar-refractivity contribution >= 4 is 49.5 Å². The molecular formula is C10H8Br2N2O2. The standard InChI is InChI=1S/C10H8Br2N2O2/c11-6-3-7(12)5-8(4-6)14-2-1-9(15)13-10(14)16/h3-5H,1-2H2,(H,13,15,16). The lowest BCUT2D eigenvalue weighted by atomic mass is 10.2. The van der Waals surface area contributed by atoms with E-state index in [4.69, 9.17) is 0 Å². The molecule has 0 aliphatic carbocycles. The van der Waals surface area contributed by atoms with Crippen molar-refractivity contribution in [2.45, 2.75) is 6.42 Å². The number of urea groups is 1. The molecule has 1 aliphatic rings. The quantitative estimate of drug-likeness (QED) is 0.849. The molecule has 16 heavy (non-hydrogen) atoms. The maximum atomic E-state index is 11.6. The summed E-state index contributed by atoms with van der Waals surface area (Å²) in [6, 6.07) is 5.18. The molecule has 0 bridgehead atoms. The van der Waals surface area contributed by atoms with E-state index in [-0.39, 0.29) is 11.9 Å². The zero-order valence-corrected chi connectivity index (χ0v) is 11.3. The van der Waals surface area contributed by atoms with Gasteiger partial charge in [0.25, 0.3) is 0 Å². The van der Waals surface area contributed by atoms with Gasteiger partial charge in [0.15, 0.2) is 0 Å². The second-order valence-corrected chi connectivity index (χ2v) is 5.21. The fourth-order valence-electron chi connectivity index (χ4n) is 1.51. The first kappa shape index (κ1) is 11.6. The van der Waals surface area contributed by atoms with Crippen LogP contribution in [0, 0.1) is 0 Å². The van der Waals surface area contributed by atoms with Crippen molar-refractivity contribution in [3.8, 4) is 0 Å². The zero-order chi connectivity index (χ0) is 11.7. The van der Waals surface area contributed by atoms with Crippen LogP contribution in [-0.4, -0.2) is 18.5 Å². The Morgan fingerprint density at radius 2 is 1.75 bits per heavy atom. The van der Waals surface area contributed by atoms with Crippen LogP contribution in [0.5, 0.6) is 0 Å². The lowest BCUT2D eigenvalue weighted by Crippen LogP contribution is -2.49. The van der Waals surface area contributed by atoms with Gasteiger partial charge in [-0.1, -0.05) is 31.9 Å². The Morgan fingerprint density at radius 3 is 2.31 bits per heavy atom. The smallest absolute Gasteiger partial charge is 0.294 e. The Morgan fingerprint density at radius 1 is 1.12 bits per heavy atom. The van der Waals surface area contributed by atoms with Gasteiger partial charge in [-0.3, -0.25) is 15.0 Å². The average molecular weight is 348 g/mol. The highest BCUT2D eigenvalue weighted by Crippen LogP contribution is 2.26. The summed E-state index contributed by atoms with van der Waals surface area (Å²) in [7, 11) is 0. The van der Waals surface area contributed by atoms with Crippen LogP contribution in [0.1, 0.15) is 6.42 Å². The molecular weight excluding hydrogens is 340 g/mol. The molecule has 1 saturated heterocycles. The third-order valence-electron chi connectivity index (χ3n) is 2.21. The number of hydrogen-bond acceptors (Lipinski definition) is 2. The lowest BCUT2D eigenvalue weighted by molar-refractivity contribution is -0.120. The van der Waals surface area contributed by atoms with Crippen LogP contribution in [0.2, 0.25) is 0 Å². The van der Waals surface area contributed by atoms with Crippen molar-refractivity contribution in [3.05, 3.63) is 27.1 Å². The molecule has 2 rings (SSSR count). The fraction of sp³-hybridized carbons (Fsp3) is 0.200. The number of imide groups is 1. The van der Waals surface area contributed by atoms with Crippen LogP contribution in [0.4, 0.5) is 10.5 Å². The monoisotopic (exact) mass is 346 g/mol. The number of carbonyl (C=O) groups excluding carboxylic acids is 2. The Labute approximate surface area is 109 Å². The van der Waals surface area contributed by atoms with Gasteiger partial charge in [-0.25, -0.2) is 4.79 Å². The van der Waals surface area contributed by atoms with Gasteiger partial charge in [0.2, 0.25) is 5.91 Å². The molecule has 0 atom stereocenters. The van der Waals surface area contributed by atoms with Gasteiger partial charge in [-0.05, 0) is 18.2 Å². The molecule has 0 spiro atoms. The average Bonchev–Trinajstić information content (AvgIpc) is 2.15. The van der Waals surface area contributed by atoms with Gasteiger partial charge in [-0.15, -0.1) is 0 Å². The molecule has 3 amide bonds. The van der Waals surface area contributed by atoms with Gasteiger partial charge in [-0.2, -0.15) is 0 Å². The molecule has 1 fully saturated rings. The summed E-state index contributed by atoms with van der Waals surface area (Å²) in [4.78, 5) is 24.1. The van der Waals surface area contributed by atoms with Crippen LogP contribution in [0.25, 0.3) is 0 Å². The maximum absolute atomic E-state index is 11.6. The minimum absolute atomic E-state index is 0.227. The highest BCUT2D eigenvalue weighted by atomic mass is 79.9. The van der Waals surface area contributed by atoms with Gasteiger partial charge >= 0.3 is 6.03 Å². The number of halogens is 2. The van der Waals surface area contributed by atoms with Gasteiger partial charge < -0.3 is 0 Å². The molecule has 84 valence electrons. The molecule has 4 nitrogen and oxygen atoms in total. The summed E-state index contributed by atoms with van der Waals surface area (Å²) in [5.41, 5.74) is 0.756. The molecule has 1 aliphatic heterocycles. The van der Waals surface area contributed by atoms with Crippen LogP contribution in [-0.2, 0) is 4.79 Å². The van der Waals surface area contributed by atoms with Crippen molar-refractivity contribution in [1.82, 2.24) is 5.32 Å². The summed E-state index contributed by atoms with van der Waals surface area (Å²) in [5, 5.41) is 2.28. The highest BCUT2D eigenvalue weighted by molar-refractivity contribution is 9.11. The number of amides is 3. The number of anilines is 1. The Balaban J connectivity index is 2.30. The van der Waals surface area contributed by atoms with Crippen LogP contribution < -0.4 is 10.2 Å². The summed E-state index contributed by atoms with van der Waals surface area (Å²) in [6.45, 7) is 0.410. The number of hydrogen-bond donors (Lipinski definition) is 1. The maximum Gasteiger partial charge on any atom is 0.328 e. The number of nitrogens with one attached hydrogen (secondary N) is 1. The highest BCUT2D eigenvalue weighted by Gasteiger charge is 2.24. The normalized spacial score (nSPS) is 16.2. The van der Waals surface area contributed by atoms with Crippen molar-refractivity contribution in [1.29, 1.82) is 0 Å². The molecule has 1 N–H and O–H groups in total. The first-order valence-electron chi connectivity index (χ1n) is 4.64. The first-order valence-corrected chi connectivity index (χ1v) is 6.22.